The summed E-state index contributed by atoms with van der Waals surface area (Å²) in [6.07, 6.45) is 0. The second kappa shape index (κ2) is 5.58. The van der Waals surface area contributed by atoms with Crippen LogP contribution in [0.15, 0.2) is 77.3 Å². The first-order valence-electron chi connectivity index (χ1n) is 8.05. The third kappa shape index (κ3) is 2.20. The minimum absolute atomic E-state index is 0.289. The normalized spacial score (nSPS) is 11.6. The van der Waals surface area contributed by atoms with E-state index in [0.717, 1.165) is 10.0 Å². The van der Waals surface area contributed by atoms with Gasteiger partial charge in [0.05, 0.1) is 4.70 Å². The molecular weight excluding hydrogens is 392 g/mol. The fraction of sp³-hybridized carbons (Fsp3) is 0. The lowest BCUT2D eigenvalue weighted by Crippen LogP contribution is -1.85. The molecule has 0 spiro atoms. The smallest absolute Gasteiger partial charge is 0.116 e. The van der Waals surface area contributed by atoms with Crippen LogP contribution in [0.1, 0.15) is 0 Å². The van der Waals surface area contributed by atoms with Crippen LogP contribution in [0.25, 0.3) is 42.1 Å². The predicted molar refractivity (Wildman–Crippen MR) is 112 cm³/mol. The monoisotopic (exact) mass is 404 g/mol. The number of halogens is 1. The maximum atomic E-state index is 10.0. The number of phenols is 1. The number of rotatable bonds is 1. The molecule has 25 heavy (non-hydrogen) atoms. The Bertz CT molecular complexity index is 1270. The molecule has 1 N–H and O–H groups in total. The fourth-order valence-electron chi connectivity index (χ4n) is 3.56. The van der Waals surface area contributed by atoms with E-state index in [1.807, 2.05) is 12.1 Å². The molecule has 3 heteroatoms. The number of aromatic hydroxyl groups is 1. The highest BCUT2D eigenvalue weighted by Crippen LogP contribution is 2.48. The first kappa shape index (κ1) is 14.9. The molecular formula is C22H13BrOS. The molecule has 0 atom stereocenters. The van der Waals surface area contributed by atoms with Gasteiger partial charge < -0.3 is 5.11 Å². The van der Waals surface area contributed by atoms with Gasteiger partial charge in [0.1, 0.15) is 5.75 Å². The number of phenolic OH excluding ortho intramolecular Hbond substituents is 1. The highest BCUT2D eigenvalue weighted by atomic mass is 79.9. The van der Waals surface area contributed by atoms with Gasteiger partial charge in [0.15, 0.2) is 0 Å². The summed E-state index contributed by atoms with van der Waals surface area (Å²) in [4.78, 5) is 0. The predicted octanol–water partition coefficient (Wildman–Crippen LogP) is 7.34. The Morgan fingerprint density at radius 2 is 1.48 bits per heavy atom. The maximum absolute atomic E-state index is 10.0. The van der Waals surface area contributed by atoms with E-state index in [0.29, 0.717) is 0 Å². The molecule has 4 aromatic carbocycles. The van der Waals surface area contributed by atoms with Gasteiger partial charge >= 0.3 is 0 Å². The van der Waals surface area contributed by atoms with Gasteiger partial charge in [0, 0.05) is 19.9 Å². The van der Waals surface area contributed by atoms with Crippen molar-refractivity contribution in [2.75, 3.05) is 0 Å². The third-order valence-electron chi connectivity index (χ3n) is 4.61. The van der Waals surface area contributed by atoms with Crippen molar-refractivity contribution in [3.05, 3.63) is 77.3 Å². The first-order valence-corrected chi connectivity index (χ1v) is 9.66. The number of hydrogen-bond donors (Lipinski definition) is 1. The maximum Gasteiger partial charge on any atom is 0.116 e. The molecule has 120 valence electrons. The van der Waals surface area contributed by atoms with Crippen LogP contribution in [0, 0.1) is 0 Å². The van der Waals surface area contributed by atoms with E-state index >= 15 is 0 Å². The van der Waals surface area contributed by atoms with Crippen LogP contribution in [0.2, 0.25) is 0 Å². The Morgan fingerprint density at radius 3 is 2.28 bits per heavy atom. The van der Waals surface area contributed by atoms with E-state index in [1.165, 1.54) is 36.5 Å². The van der Waals surface area contributed by atoms with Gasteiger partial charge in [-0.3, -0.25) is 0 Å². The molecule has 0 amide bonds. The minimum Gasteiger partial charge on any atom is -0.508 e. The number of fused-ring (bicyclic) bond motifs is 4. The molecule has 1 nitrogen and oxygen atoms in total. The molecule has 0 aliphatic carbocycles. The third-order valence-corrected chi connectivity index (χ3v) is 6.89. The van der Waals surface area contributed by atoms with Crippen LogP contribution in [-0.4, -0.2) is 5.11 Å². The van der Waals surface area contributed by atoms with Crippen LogP contribution < -0.4 is 0 Å². The Labute approximate surface area is 157 Å². The van der Waals surface area contributed by atoms with Crippen LogP contribution in [0.3, 0.4) is 0 Å². The van der Waals surface area contributed by atoms with Crippen molar-refractivity contribution in [1.82, 2.24) is 0 Å². The van der Waals surface area contributed by atoms with Gasteiger partial charge in [-0.1, -0.05) is 54.6 Å². The van der Waals surface area contributed by atoms with Crippen molar-refractivity contribution in [3.63, 3.8) is 0 Å². The van der Waals surface area contributed by atoms with Crippen LogP contribution in [0.4, 0.5) is 0 Å². The second-order valence-electron chi connectivity index (χ2n) is 6.09. The zero-order valence-electron chi connectivity index (χ0n) is 13.2. The van der Waals surface area contributed by atoms with Crippen molar-refractivity contribution in [3.8, 4) is 16.9 Å². The lowest BCUT2D eigenvalue weighted by Gasteiger charge is -2.12. The average molecular weight is 405 g/mol. The molecule has 5 rings (SSSR count). The molecule has 1 aromatic heterocycles. The summed E-state index contributed by atoms with van der Waals surface area (Å²) in [5.74, 6) is 0.289. The molecule has 0 bridgehead atoms. The standard InChI is InChI=1S/C22H13BrOS/c23-21-16-9-2-1-8-15(16)19(13-6-5-7-14(24)12-13)20-17-10-3-4-11-18(17)25-22(20)21/h1-12,24H. The molecule has 0 aliphatic rings. The quantitative estimate of drug-likeness (QED) is 0.309. The number of benzene rings is 4. The van der Waals surface area contributed by atoms with Gasteiger partial charge in [0.2, 0.25) is 0 Å². The first-order chi connectivity index (χ1) is 12.2. The van der Waals surface area contributed by atoms with Gasteiger partial charge in [-0.05, 0) is 56.0 Å². The molecule has 0 unspecified atom stereocenters. The van der Waals surface area contributed by atoms with Gasteiger partial charge in [-0.25, -0.2) is 0 Å². The van der Waals surface area contributed by atoms with E-state index in [2.05, 4.69) is 70.5 Å². The Kier molecular flexibility index (Phi) is 3.34. The van der Waals surface area contributed by atoms with Crippen molar-refractivity contribution in [1.29, 1.82) is 0 Å². The van der Waals surface area contributed by atoms with Crippen LogP contribution in [0.5, 0.6) is 5.75 Å². The van der Waals surface area contributed by atoms with Crippen molar-refractivity contribution < 1.29 is 5.11 Å². The molecule has 1 heterocycles. The summed E-state index contributed by atoms with van der Waals surface area (Å²) in [6.45, 7) is 0. The Balaban J connectivity index is 2.10. The lowest BCUT2D eigenvalue weighted by atomic mass is 9.93. The van der Waals surface area contributed by atoms with E-state index in [1.54, 1.807) is 17.4 Å². The number of hydrogen-bond acceptors (Lipinski definition) is 2. The molecule has 0 saturated carbocycles. The van der Waals surface area contributed by atoms with Crippen molar-refractivity contribution in [2.24, 2.45) is 0 Å². The Morgan fingerprint density at radius 1 is 0.760 bits per heavy atom. The summed E-state index contributed by atoms with van der Waals surface area (Å²) in [5, 5.41) is 14.9. The summed E-state index contributed by atoms with van der Waals surface area (Å²) in [7, 11) is 0. The van der Waals surface area contributed by atoms with Gasteiger partial charge in [-0.2, -0.15) is 0 Å². The summed E-state index contributed by atoms with van der Waals surface area (Å²) in [6, 6.07) is 24.5. The highest BCUT2D eigenvalue weighted by molar-refractivity contribution is 9.11. The van der Waals surface area contributed by atoms with E-state index in [-0.39, 0.29) is 5.75 Å². The average Bonchev–Trinajstić information content (AvgIpc) is 3.02. The highest BCUT2D eigenvalue weighted by Gasteiger charge is 2.18. The van der Waals surface area contributed by atoms with Crippen molar-refractivity contribution >= 4 is 58.2 Å². The van der Waals surface area contributed by atoms with E-state index in [9.17, 15) is 5.11 Å². The lowest BCUT2D eigenvalue weighted by molar-refractivity contribution is 0.475. The summed E-state index contributed by atoms with van der Waals surface area (Å²) >= 11 is 5.65. The fourth-order valence-corrected chi connectivity index (χ4v) is 5.51. The molecule has 5 aromatic rings. The van der Waals surface area contributed by atoms with Crippen LogP contribution in [-0.2, 0) is 0 Å². The van der Waals surface area contributed by atoms with Crippen molar-refractivity contribution in [2.45, 2.75) is 0 Å². The Hall–Kier alpha value is -2.36. The zero-order valence-corrected chi connectivity index (χ0v) is 15.6. The zero-order chi connectivity index (χ0) is 17.0. The molecule has 0 aliphatic heterocycles. The second-order valence-corrected chi connectivity index (χ2v) is 7.93. The van der Waals surface area contributed by atoms with E-state index in [4.69, 9.17) is 0 Å². The molecule has 0 fully saturated rings. The topological polar surface area (TPSA) is 20.2 Å². The minimum atomic E-state index is 0.289. The largest absolute Gasteiger partial charge is 0.508 e. The van der Waals surface area contributed by atoms with Crippen LogP contribution >= 0.6 is 27.3 Å². The summed E-state index contributed by atoms with van der Waals surface area (Å²) < 4.78 is 3.66. The van der Waals surface area contributed by atoms with E-state index < -0.39 is 0 Å². The SMILES string of the molecule is Oc1cccc(-c2c3ccccc3c(Br)c3sc4ccccc4c23)c1. The van der Waals surface area contributed by atoms with Gasteiger partial charge in [0.25, 0.3) is 0 Å². The molecule has 0 radical (unpaired) electrons. The number of thiophene rings is 1. The molecule has 0 saturated heterocycles. The summed E-state index contributed by atoms with van der Waals surface area (Å²) in [5.41, 5.74) is 2.22. The van der Waals surface area contributed by atoms with Gasteiger partial charge in [-0.15, -0.1) is 11.3 Å².